The van der Waals surface area contributed by atoms with E-state index in [1.165, 1.54) is 0 Å². The fraction of sp³-hybridized carbons (Fsp3) is 0.750. The topological polar surface area (TPSA) is 61.9 Å². The van der Waals surface area contributed by atoms with Gasteiger partial charge in [0, 0.05) is 18.8 Å². The van der Waals surface area contributed by atoms with Gasteiger partial charge in [-0.15, -0.1) is 0 Å². The van der Waals surface area contributed by atoms with Crippen molar-refractivity contribution < 1.29 is 14.3 Å². The lowest BCUT2D eigenvalue weighted by Gasteiger charge is -2.37. The quantitative estimate of drug-likeness (QED) is 0.815. The number of nitrogens with one attached hydrogen (secondary N) is 1. The Balaban J connectivity index is 2.03. The van der Waals surface area contributed by atoms with Gasteiger partial charge in [0.2, 0.25) is 0 Å². The first-order valence-corrected chi connectivity index (χ1v) is 8.07. The molecule has 2 rings (SSSR count). The molecule has 0 aliphatic carbocycles. The van der Waals surface area contributed by atoms with Gasteiger partial charge in [-0.25, -0.2) is 9.59 Å². The number of fused-ring (bicyclic) bond motifs is 1. The van der Waals surface area contributed by atoms with Crippen LogP contribution in [0.2, 0.25) is 0 Å². The summed E-state index contributed by atoms with van der Waals surface area (Å²) in [5.74, 6) is 0. The van der Waals surface area contributed by atoms with Crippen molar-refractivity contribution >= 4 is 12.1 Å². The Morgan fingerprint density at radius 3 is 2.77 bits per heavy atom. The molecule has 2 heterocycles. The number of hydrogen-bond donors (Lipinski definition) is 1. The fourth-order valence-electron chi connectivity index (χ4n) is 2.71. The Labute approximate surface area is 132 Å². The molecule has 1 atom stereocenters. The monoisotopic (exact) mass is 309 g/mol. The summed E-state index contributed by atoms with van der Waals surface area (Å²) in [6.07, 6.45) is 4.95. The summed E-state index contributed by atoms with van der Waals surface area (Å²) in [6.45, 7) is 9.27. The Morgan fingerprint density at radius 1 is 1.41 bits per heavy atom. The van der Waals surface area contributed by atoms with Crippen molar-refractivity contribution in [2.24, 2.45) is 0 Å². The van der Waals surface area contributed by atoms with Gasteiger partial charge >= 0.3 is 12.1 Å². The second kappa shape index (κ2) is 6.58. The maximum atomic E-state index is 12.2. The number of nitrogens with zero attached hydrogens (tertiary/aromatic N) is 2. The van der Waals surface area contributed by atoms with Crippen molar-refractivity contribution in [2.75, 3.05) is 19.6 Å². The lowest BCUT2D eigenvalue weighted by Crippen LogP contribution is -2.54. The smallest absolute Gasteiger partial charge is 0.410 e. The van der Waals surface area contributed by atoms with Gasteiger partial charge in [-0.3, -0.25) is 0 Å². The number of carbonyl (C=O) groups is 2. The van der Waals surface area contributed by atoms with Crippen LogP contribution in [0.3, 0.4) is 0 Å². The van der Waals surface area contributed by atoms with Crippen molar-refractivity contribution in [3.63, 3.8) is 0 Å². The van der Waals surface area contributed by atoms with E-state index in [1.807, 2.05) is 20.8 Å². The predicted octanol–water partition coefficient (Wildman–Crippen LogP) is 2.71. The molecule has 0 aromatic rings. The summed E-state index contributed by atoms with van der Waals surface area (Å²) in [5.41, 5.74) is 0.421. The van der Waals surface area contributed by atoms with Gasteiger partial charge in [-0.2, -0.15) is 0 Å². The number of urea groups is 1. The van der Waals surface area contributed by atoms with E-state index in [0.717, 1.165) is 25.0 Å². The largest absolute Gasteiger partial charge is 0.444 e. The first-order chi connectivity index (χ1) is 10.3. The summed E-state index contributed by atoms with van der Waals surface area (Å²) >= 11 is 0. The van der Waals surface area contributed by atoms with Crippen LogP contribution in [0.4, 0.5) is 9.59 Å². The fourth-order valence-corrected chi connectivity index (χ4v) is 2.71. The van der Waals surface area contributed by atoms with E-state index >= 15 is 0 Å². The van der Waals surface area contributed by atoms with Crippen molar-refractivity contribution in [2.45, 2.75) is 58.6 Å². The maximum Gasteiger partial charge on any atom is 0.410 e. The van der Waals surface area contributed by atoms with Crippen molar-refractivity contribution in [1.29, 1.82) is 0 Å². The van der Waals surface area contributed by atoms with Crippen LogP contribution in [0.15, 0.2) is 11.8 Å². The average Bonchev–Trinajstić information content (AvgIpc) is 2.74. The van der Waals surface area contributed by atoms with E-state index in [4.69, 9.17) is 4.74 Å². The van der Waals surface area contributed by atoms with Crippen molar-refractivity contribution in [3.05, 3.63) is 11.8 Å². The molecule has 2 aliphatic heterocycles. The van der Waals surface area contributed by atoms with Crippen LogP contribution in [-0.4, -0.2) is 53.2 Å². The molecule has 0 bridgehead atoms. The minimum absolute atomic E-state index is 0.0587. The van der Waals surface area contributed by atoms with Gasteiger partial charge in [-0.1, -0.05) is 25.8 Å². The van der Waals surface area contributed by atoms with E-state index in [2.05, 4.69) is 18.3 Å². The zero-order chi connectivity index (χ0) is 16.3. The first-order valence-electron chi connectivity index (χ1n) is 8.07. The van der Waals surface area contributed by atoms with Gasteiger partial charge in [0.1, 0.15) is 5.60 Å². The molecule has 22 heavy (non-hydrogen) atoms. The lowest BCUT2D eigenvalue weighted by molar-refractivity contribution is 0.0139. The zero-order valence-corrected chi connectivity index (χ0v) is 14.0. The number of carbonyl (C=O) groups excluding carboxylic acids is 2. The Hall–Kier alpha value is -1.72. The van der Waals surface area contributed by atoms with Crippen LogP contribution in [0.5, 0.6) is 0 Å². The van der Waals surface area contributed by atoms with Crippen LogP contribution >= 0.6 is 0 Å². The number of rotatable bonds is 3. The maximum absolute atomic E-state index is 12.2. The number of piperazine rings is 1. The molecule has 1 unspecified atom stereocenters. The molecule has 0 aromatic carbocycles. The Morgan fingerprint density at radius 2 is 2.14 bits per heavy atom. The molecular formula is C16H27N3O3. The van der Waals surface area contributed by atoms with Gasteiger partial charge in [-0.05, 0) is 27.2 Å². The SMILES string of the molecule is CCCCC=C1NC(=O)N2CCN(C(=O)OC(C)(C)C)CC12. The molecule has 124 valence electrons. The number of ether oxygens (including phenoxy) is 1. The molecule has 1 N–H and O–H groups in total. The molecule has 0 spiro atoms. The molecule has 0 radical (unpaired) electrons. The second-order valence-corrected chi connectivity index (χ2v) is 6.87. The number of allylic oxidation sites excluding steroid dienone is 1. The summed E-state index contributed by atoms with van der Waals surface area (Å²) in [4.78, 5) is 27.7. The van der Waals surface area contributed by atoms with E-state index < -0.39 is 5.60 Å². The third kappa shape index (κ3) is 3.93. The Kier molecular flexibility index (Phi) is 4.98. The highest BCUT2D eigenvalue weighted by molar-refractivity contribution is 5.81. The molecule has 2 fully saturated rings. The molecule has 2 saturated heterocycles. The van der Waals surface area contributed by atoms with Crippen LogP contribution in [-0.2, 0) is 4.74 Å². The molecule has 6 heteroatoms. The van der Waals surface area contributed by atoms with Gasteiger partial charge < -0.3 is 19.9 Å². The third-order valence-electron chi connectivity index (χ3n) is 3.83. The van der Waals surface area contributed by atoms with E-state index in [9.17, 15) is 9.59 Å². The lowest BCUT2D eigenvalue weighted by atomic mass is 10.1. The van der Waals surface area contributed by atoms with Crippen LogP contribution in [0.25, 0.3) is 0 Å². The Bertz CT molecular complexity index is 468. The first kappa shape index (κ1) is 16.6. The van der Waals surface area contributed by atoms with Gasteiger partial charge in [0.25, 0.3) is 0 Å². The van der Waals surface area contributed by atoms with E-state index in [0.29, 0.717) is 19.6 Å². The number of hydrogen-bond acceptors (Lipinski definition) is 3. The highest BCUT2D eigenvalue weighted by Crippen LogP contribution is 2.23. The molecule has 6 nitrogen and oxygen atoms in total. The minimum Gasteiger partial charge on any atom is -0.444 e. The standard InChI is InChI=1S/C16H27N3O3/c1-5-6-7-8-12-13-11-18(15(21)22-16(2,3)4)9-10-19(13)14(20)17-12/h8,13H,5-7,9-11H2,1-4H3,(H,17,20). The highest BCUT2D eigenvalue weighted by Gasteiger charge is 2.41. The van der Waals surface area contributed by atoms with Crippen molar-refractivity contribution in [1.82, 2.24) is 15.1 Å². The van der Waals surface area contributed by atoms with Gasteiger partial charge in [0.15, 0.2) is 0 Å². The summed E-state index contributed by atoms with van der Waals surface area (Å²) < 4.78 is 5.43. The number of amides is 3. The zero-order valence-electron chi connectivity index (χ0n) is 14.0. The van der Waals surface area contributed by atoms with Crippen LogP contribution in [0, 0.1) is 0 Å². The third-order valence-corrected chi connectivity index (χ3v) is 3.83. The molecule has 2 aliphatic rings. The molecule has 3 amide bonds. The van der Waals surface area contributed by atoms with Crippen molar-refractivity contribution in [3.8, 4) is 0 Å². The molecular weight excluding hydrogens is 282 g/mol. The summed E-state index contributed by atoms with van der Waals surface area (Å²) in [7, 11) is 0. The molecule has 0 aromatic heterocycles. The second-order valence-electron chi connectivity index (χ2n) is 6.87. The van der Waals surface area contributed by atoms with Crippen LogP contribution in [0.1, 0.15) is 47.0 Å². The minimum atomic E-state index is -0.502. The summed E-state index contributed by atoms with van der Waals surface area (Å²) in [6, 6.07) is -0.123. The predicted molar refractivity (Wildman–Crippen MR) is 84.4 cm³/mol. The summed E-state index contributed by atoms with van der Waals surface area (Å²) in [5, 5.41) is 2.93. The average molecular weight is 309 g/mol. The van der Waals surface area contributed by atoms with Crippen LogP contribution < -0.4 is 5.32 Å². The normalized spacial score (nSPS) is 23.5. The van der Waals surface area contributed by atoms with E-state index in [1.54, 1.807) is 9.80 Å². The van der Waals surface area contributed by atoms with Gasteiger partial charge in [0.05, 0.1) is 12.6 Å². The highest BCUT2D eigenvalue weighted by atomic mass is 16.6. The molecule has 0 saturated carbocycles. The van der Waals surface area contributed by atoms with E-state index in [-0.39, 0.29) is 18.2 Å². The number of unbranched alkanes of at least 4 members (excludes halogenated alkanes) is 2.